The van der Waals surface area contributed by atoms with Gasteiger partial charge in [0.2, 0.25) is 5.91 Å². The molecule has 2 amide bonds. The lowest BCUT2D eigenvalue weighted by Gasteiger charge is -2.17. The second-order valence-corrected chi connectivity index (χ2v) is 8.99. The van der Waals surface area contributed by atoms with Crippen LogP contribution in [0.25, 0.3) is 20.1 Å². The molecule has 4 aromatic rings. The number of anilines is 1. The van der Waals surface area contributed by atoms with Gasteiger partial charge in [0.15, 0.2) is 0 Å². The minimum atomic E-state index is -0.213. The third kappa shape index (κ3) is 4.27. The molecule has 0 atom stereocenters. The highest BCUT2D eigenvalue weighted by molar-refractivity contribution is 7.26. The maximum absolute atomic E-state index is 12.8. The Morgan fingerprint density at radius 1 is 1.00 bits per heavy atom. The Hall–Kier alpha value is -3.03. The number of nitrogens with one attached hydrogen (secondary N) is 1. The van der Waals surface area contributed by atoms with Crippen LogP contribution in [-0.4, -0.2) is 35.3 Å². The van der Waals surface area contributed by atoms with Crippen molar-refractivity contribution in [1.29, 1.82) is 0 Å². The number of carbonyl (C=O) groups excluding carboxylic acids is 2. The Labute approximate surface area is 183 Å². The summed E-state index contributed by atoms with van der Waals surface area (Å²) in [6.07, 6.45) is 0.828. The van der Waals surface area contributed by atoms with Crippen LogP contribution in [0.1, 0.15) is 22.2 Å². The van der Waals surface area contributed by atoms with E-state index in [9.17, 15) is 9.59 Å². The summed E-state index contributed by atoms with van der Waals surface area (Å²) in [5.74, 6) is -0.388. The minimum absolute atomic E-state index is 0.00868. The SMILES string of the molecule is CCc1ccccc1NC(=O)CN(C)C(=O)c1ccc(-c2nc3ccccc3s2)s1. The van der Waals surface area contributed by atoms with Crippen LogP contribution in [0, 0.1) is 0 Å². The summed E-state index contributed by atoms with van der Waals surface area (Å²) < 4.78 is 1.12. The first-order chi connectivity index (χ1) is 14.5. The standard InChI is InChI=1S/C23H21N3O2S2/c1-3-15-8-4-5-9-16(15)24-21(27)14-26(2)23(28)20-13-12-19(29-20)22-25-17-10-6-7-11-18(17)30-22/h4-13H,3,14H2,1-2H3,(H,24,27). The fourth-order valence-electron chi connectivity index (χ4n) is 3.16. The van der Waals surface area contributed by atoms with Gasteiger partial charge in [0.1, 0.15) is 5.01 Å². The van der Waals surface area contributed by atoms with E-state index in [2.05, 4.69) is 10.3 Å². The van der Waals surface area contributed by atoms with Crippen LogP contribution in [0.5, 0.6) is 0 Å². The van der Waals surface area contributed by atoms with Crippen molar-refractivity contribution < 1.29 is 9.59 Å². The van der Waals surface area contributed by atoms with E-state index in [1.165, 1.54) is 16.2 Å². The maximum atomic E-state index is 12.8. The van der Waals surface area contributed by atoms with Crippen molar-refractivity contribution in [2.24, 2.45) is 0 Å². The molecule has 4 rings (SSSR count). The molecule has 5 nitrogen and oxygen atoms in total. The van der Waals surface area contributed by atoms with Crippen molar-refractivity contribution >= 4 is 50.4 Å². The molecule has 0 bridgehead atoms. The number of aryl methyl sites for hydroxylation is 1. The van der Waals surface area contributed by atoms with Gasteiger partial charge in [-0.25, -0.2) is 4.98 Å². The lowest BCUT2D eigenvalue weighted by atomic mass is 10.1. The molecule has 0 aliphatic rings. The van der Waals surface area contributed by atoms with Crippen molar-refractivity contribution in [3.05, 3.63) is 71.1 Å². The average Bonchev–Trinajstić information content (AvgIpc) is 3.40. The number of likely N-dealkylation sites (N-methyl/N-ethyl adjacent to an activating group) is 1. The number of para-hydroxylation sites is 2. The van der Waals surface area contributed by atoms with E-state index in [1.807, 2.05) is 61.5 Å². The molecule has 0 unspecified atom stereocenters. The number of nitrogens with zero attached hydrogens (tertiary/aromatic N) is 2. The predicted molar refractivity (Wildman–Crippen MR) is 124 cm³/mol. The summed E-state index contributed by atoms with van der Waals surface area (Å²) in [7, 11) is 1.64. The zero-order valence-corrected chi connectivity index (χ0v) is 18.3. The molecule has 2 aromatic carbocycles. The Morgan fingerprint density at radius 3 is 2.57 bits per heavy atom. The van der Waals surface area contributed by atoms with Crippen molar-refractivity contribution in [3.63, 3.8) is 0 Å². The number of amides is 2. The lowest BCUT2D eigenvalue weighted by Crippen LogP contribution is -2.34. The molecule has 152 valence electrons. The topological polar surface area (TPSA) is 62.3 Å². The second kappa shape index (κ2) is 8.77. The summed E-state index contributed by atoms with van der Waals surface area (Å²) >= 11 is 3.01. The Balaban J connectivity index is 1.43. The molecule has 0 aliphatic carbocycles. The summed E-state index contributed by atoms with van der Waals surface area (Å²) in [5, 5.41) is 3.81. The van der Waals surface area contributed by atoms with Crippen LogP contribution in [0.3, 0.4) is 0 Å². The van der Waals surface area contributed by atoms with E-state index in [-0.39, 0.29) is 18.4 Å². The Bertz CT molecular complexity index is 1180. The summed E-state index contributed by atoms with van der Waals surface area (Å²) in [6, 6.07) is 19.4. The number of rotatable bonds is 6. The molecule has 30 heavy (non-hydrogen) atoms. The fourth-order valence-corrected chi connectivity index (χ4v) is 5.18. The molecule has 0 aliphatic heterocycles. The van der Waals surface area contributed by atoms with Gasteiger partial charge in [0.05, 0.1) is 26.5 Å². The molecule has 0 radical (unpaired) electrons. The number of thiophene rings is 1. The number of hydrogen-bond donors (Lipinski definition) is 1. The van der Waals surface area contributed by atoms with Crippen molar-refractivity contribution in [2.75, 3.05) is 18.9 Å². The quantitative estimate of drug-likeness (QED) is 0.447. The number of carbonyl (C=O) groups is 2. The highest BCUT2D eigenvalue weighted by Crippen LogP contribution is 2.34. The van der Waals surface area contributed by atoms with Crippen LogP contribution >= 0.6 is 22.7 Å². The zero-order valence-electron chi connectivity index (χ0n) is 16.7. The van der Waals surface area contributed by atoms with Crippen molar-refractivity contribution in [1.82, 2.24) is 9.88 Å². The molecule has 0 saturated heterocycles. The number of aromatic nitrogens is 1. The molecule has 0 fully saturated rings. The first-order valence-corrected chi connectivity index (χ1v) is 11.3. The van der Waals surface area contributed by atoms with E-state index in [0.717, 1.165) is 37.8 Å². The van der Waals surface area contributed by atoms with Crippen molar-refractivity contribution in [2.45, 2.75) is 13.3 Å². The van der Waals surface area contributed by atoms with Gasteiger partial charge in [-0.2, -0.15) is 0 Å². The van der Waals surface area contributed by atoms with E-state index >= 15 is 0 Å². The maximum Gasteiger partial charge on any atom is 0.264 e. The van der Waals surface area contributed by atoms with Crippen LogP contribution in [0.2, 0.25) is 0 Å². The molecule has 0 spiro atoms. The van der Waals surface area contributed by atoms with Crippen LogP contribution < -0.4 is 5.32 Å². The van der Waals surface area contributed by atoms with Gasteiger partial charge in [-0.1, -0.05) is 37.3 Å². The number of hydrogen-bond acceptors (Lipinski definition) is 5. The Kier molecular flexibility index (Phi) is 5.92. The summed E-state index contributed by atoms with van der Waals surface area (Å²) in [6.45, 7) is 2.03. The molecular formula is C23H21N3O2S2. The summed E-state index contributed by atoms with van der Waals surface area (Å²) in [5.41, 5.74) is 2.82. The van der Waals surface area contributed by atoms with E-state index < -0.39 is 0 Å². The van der Waals surface area contributed by atoms with E-state index in [1.54, 1.807) is 24.5 Å². The van der Waals surface area contributed by atoms with Crippen LogP contribution in [0.4, 0.5) is 5.69 Å². The zero-order chi connectivity index (χ0) is 21.1. The third-order valence-corrected chi connectivity index (χ3v) is 7.00. The highest BCUT2D eigenvalue weighted by Gasteiger charge is 2.19. The van der Waals surface area contributed by atoms with E-state index in [0.29, 0.717) is 4.88 Å². The Morgan fingerprint density at radius 2 is 1.77 bits per heavy atom. The minimum Gasteiger partial charge on any atom is -0.332 e. The molecular weight excluding hydrogens is 414 g/mol. The monoisotopic (exact) mass is 435 g/mol. The predicted octanol–water partition coefficient (Wildman–Crippen LogP) is 5.30. The molecule has 0 saturated carbocycles. The number of thiazole rings is 1. The van der Waals surface area contributed by atoms with Crippen LogP contribution in [0.15, 0.2) is 60.7 Å². The number of benzene rings is 2. The number of fused-ring (bicyclic) bond motifs is 1. The van der Waals surface area contributed by atoms with Gasteiger partial charge in [-0.3, -0.25) is 9.59 Å². The largest absolute Gasteiger partial charge is 0.332 e. The third-order valence-electron chi connectivity index (χ3n) is 4.72. The van der Waals surface area contributed by atoms with Gasteiger partial charge < -0.3 is 10.2 Å². The van der Waals surface area contributed by atoms with E-state index in [4.69, 9.17) is 0 Å². The van der Waals surface area contributed by atoms with Gasteiger partial charge in [-0.15, -0.1) is 22.7 Å². The molecule has 7 heteroatoms. The molecule has 2 heterocycles. The smallest absolute Gasteiger partial charge is 0.264 e. The van der Waals surface area contributed by atoms with Gasteiger partial charge >= 0.3 is 0 Å². The second-order valence-electron chi connectivity index (χ2n) is 6.87. The first-order valence-electron chi connectivity index (χ1n) is 9.64. The fraction of sp³-hybridized carbons (Fsp3) is 0.174. The average molecular weight is 436 g/mol. The summed E-state index contributed by atoms with van der Waals surface area (Å²) in [4.78, 5) is 32.9. The van der Waals surface area contributed by atoms with Gasteiger partial charge in [-0.05, 0) is 42.3 Å². The molecule has 2 aromatic heterocycles. The first kappa shape index (κ1) is 20.3. The van der Waals surface area contributed by atoms with Gasteiger partial charge in [0.25, 0.3) is 5.91 Å². The van der Waals surface area contributed by atoms with Crippen molar-refractivity contribution in [3.8, 4) is 9.88 Å². The normalized spacial score (nSPS) is 10.9. The van der Waals surface area contributed by atoms with Gasteiger partial charge in [0, 0.05) is 12.7 Å². The highest BCUT2D eigenvalue weighted by atomic mass is 32.1. The van der Waals surface area contributed by atoms with Crippen LogP contribution in [-0.2, 0) is 11.2 Å². The lowest BCUT2D eigenvalue weighted by molar-refractivity contribution is -0.116. The molecule has 1 N–H and O–H groups in total.